The van der Waals surface area contributed by atoms with E-state index in [1.807, 2.05) is 13.8 Å². The maximum absolute atomic E-state index is 13.1. The SMILES string of the molecule is CCC(C)C(N)C(=O)N1CCCC1C(=O)NC(CCCCN)C(=O)NC(CCCCN)C(=O)O. The lowest BCUT2D eigenvalue weighted by atomic mass is 9.98. The number of hydrogen-bond acceptors (Lipinski definition) is 7. The van der Waals surface area contributed by atoms with E-state index in [0.717, 1.165) is 6.42 Å². The standard InChI is InChI=1S/C23H44N6O5/c1-3-15(2)19(26)22(32)29-14-8-11-18(29)21(31)27-16(9-4-6-12-24)20(30)28-17(23(33)34)10-5-7-13-25/h15-19H,3-14,24-26H2,1-2H3,(H,27,31)(H,28,30)(H,33,34). The van der Waals surface area contributed by atoms with Gasteiger partial charge in [0.25, 0.3) is 0 Å². The van der Waals surface area contributed by atoms with Crippen LogP contribution in [0.5, 0.6) is 0 Å². The Morgan fingerprint density at radius 3 is 2.12 bits per heavy atom. The smallest absolute Gasteiger partial charge is 0.326 e. The molecule has 1 saturated heterocycles. The quantitative estimate of drug-likeness (QED) is 0.160. The maximum Gasteiger partial charge on any atom is 0.326 e. The third-order valence-corrected chi connectivity index (χ3v) is 6.52. The first-order valence-corrected chi connectivity index (χ1v) is 12.5. The van der Waals surface area contributed by atoms with Gasteiger partial charge < -0.3 is 37.8 Å². The summed E-state index contributed by atoms with van der Waals surface area (Å²) >= 11 is 0. The van der Waals surface area contributed by atoms with Crippen molar-refractivity contribution < 1.29 is 24.3 Å². The summed E-state index contributed by atoms with van der Waals surface area (Å²) in [7, 11) is 0. The Morgan fingerprint density at radius 1 is 1.00 bits per heavy atom. The van der Waals surface area contributed by atoms with Crippen LogP contribution in [0.3, 0.4) is 0 Å². The van der Waals surface area contributed by atoms with Gasteiger partial charge in [0, 0.05) is 6.54 Å². The Balaban J connectivity index is 2.89. The van der Waals surface area contributed by atoms with E-state index < -0.39 is 42.0 Å². The maximum atomic E-state index is 13.1. The van der Waals surface area contributed by atoms with Crippen LogP contribution in [0.15, 0.2) is 0 Å². The zero-order valence-electron chi connectivity index (χ0n) is 20.6. The highest BCUT2D eigenvalue weighted by atomic mass is 16.4. The summed E-state index contributed by atoms with van der Waals surface area (Å²) in [5, 5.41) is 14.8. The number of rotatable bonds is 16. The van der Waals surface area contributed by atoms with E-state index in [2.05, 4.69) is 10.6 Å². The molecule has 0 bridgehead atoms. The van der Waals surface area contributed by atoms with E-state index in [4.69, 9.17) is 17.2 Å². The van der Waals surface area contributed by atoms with Gasteiger partial charge in [-0.2, -0.15) is 0 Å². The van der Waals surface area contributed by atoms with Crippen molar-refractivity contribution in [2.75, 3.05) is 19.6 Å². The number of nitrogens with two attached hydrogens (primary N) is 3. The van der Waals surface area contributed by atoms with Crippen LogP contribution in [0.1, 0.15) is 71.6 Å². The predicted molar refractivity (Wildman–Crippen MR) is 129 cm³/mol. The molecule has 11 nitrogen and oxygen atoms in total. The van der Waals surface area contributed by atoms with Gasteiger partial charge in [0.05, 0.1) is 6.04 Å². The molecular weight excluding hydrogens is 440 g/mol. The number of nitrogens with one attached hydrogen (secondary N) is 2. The first kappa shape index (κ1) is 29.8. The van der Waals surface area contributed by atoms with Crippen LogP contribution in [0.2, 0.25) is 0 Å². The summed E-state index contributed by atoms with van der Waals surface area (Å²) in [6, 6.07) is -3.37. The number of carbonyl (C=O) groups excluding carboxylic acids is 3. The molecule has 5 atom stereocenters. The summed E-state index contributed by atoms with van der Waals surface area (Å²) in [5.74, 6) is -2.40. The highest BCUT2D eigenvalue weighted by molar-refractivity contribution is 5.94. The van der Waals surface area contributed by atoms with Gasteiger partial charge in [0.15, 0.2) is 0 Å². The lowest BCUT2D eigenvalue weighted by Crippen LogP contribution is -2.57. The van der Waals surface area contributed by atoms with Crippen molar-refractivity contribution in [2.45, 2.75) is 95.8 Å². The minimum absolute atomic E-state index is 0.0150. The Hall–Kier alpha value is -2.24. The fourth-order valence-electron chi connectivity index (χ4n) is 4.04. The Kier molecular flexibility index (Phi) is 13.7. The molecule has 0 aromatic rings. The van der Waals surface area contributed by atoms with Crippen LogP contribution in [0, 0.1) is 5.92 Å². The highest BCUT2D eigenvalue weighted by Gasteiger charge is 2.38. The normalized spacial score (nSPS) is 19.2. The van der Waals surface area contributed by atoms with Crippen molar-refractivity contribution >= 4 is 23.7 Å². The molecule has 0 aromatic heterocycles. The molecule has 34 heavy (non-hydrogen) atoms. The number of likely N-dealkylation sites (tertiary alicyclic amines) is 1. The average Bonchev–Trinajstić information content (AvgIpc) is 3.31. The van der Waals surface area contributed by atoms with E-state index >= 15 is 0 Å². The van der Waals surface area contributed by atoms with Crippen molar-refractivity contribution in [1.29, 1.82) is 0 Å². The van der Waals surface area contributed by atoms with Crippen molar-refractivity contribution in [3.63, 3.8) is 0 Å². The van der Waals surface area contributed by atoms with Gasteiger partial charge in [-0.25, -0.2) is 4.79 Å². The summed E-state index contributed by atoms with van der Waals surface area (Å²) in [6.45, 7) is 5.18. The van der Waals surface area contributed by atoms with Gasteiger partial charge in [-0.1, -0.05) is 20.3 Å². The zero-order valence-corrected chi connectivity index (χ0v) is 20.6. The van der Waals surface area contributed by atoms with E-state index in [0.29, 0.717) is 64.6 Å². The summed E-state index contributed by atoms with van der Waals surface area (Å²) < 4.78 is 0. The van der Waals surface area contributed by atoms with Gasteiger partial charge in [-0.15, -0.1) is 0 Å². The second kappa shape index (κ2) is 15.6. The van der Waals surface area contributed by atoms with Crippen molar-refractivity contribution in [3.8, 4) is 0 Å². The van der Waals surface area contributed by atoms with Gasteiger partial charge >= 0.3 is 5.97 Å². The lowest BCUT2D eigenvalue weighted by molar-refractivity contribution is -0.143. The number of nitrogens with zero attached hydrogens (tertiary/aromatic N) is 1. The number of amides is 3. The van der Waals surface area contributed by atoms with Gasteiger partial charge in [0.1, 0.15) is 18.1 Å². The molecule has 9 N–H and O–H groups in total. The second-order valence-electron chi connectivity index (χ2n) is 9.13. The molecular formula is C23H44N6O5. The molecule has 5 unspecified atom stereocenters. The van der Waals surface area contributed by atoms with Crippen LogP contribution >= 0.6 is 0 Å². The van der Waals surface area contributed by atoms with Crippen LogP contribution in [0.4, 0.5) is 0 Å². The fourth-order valence-corrected chi connectivity index (χ4v) is 4.04. The number of hydrogen-bond donors (Lipinski definition) is 6. The average molecular weight is 485 g/mol. The number of unbranched alkanes of at least 4 members (excludes halogenated alkanes) is 2. The third-order valence-electron chi connectivity index (χ3n) is 6.52. The largest absolute Gasteiger partial charge is 0.480 e. The lowest BCUT2D eigenvalue weighted by Gasteiger charge is -2.30. The van der Waals surface area contributed by atoms with Gasteiger partial charge in [-0.3, -0.25) is 14.4 Å². The number of carboxylic acid groups (broad SMARTS) is 1. The minimum Gasteiger partial charge on any atom is -0.480 e. The molecule has 1 aliphatic heterocycles. The molecule has 0 aliphatic carbocycles. The van der Waals surface area contributed by atoms with Crippen LogP contribution in [-0.4, -0.2) is 77.5 Å². The van der Waals surface area contributed by atoms with E-state index in [1.165, 1.54) is 4.90 Å². The highest BCUT2D eigenvalue weighted by Crippen LogP contribution is 2.21. The first-order chi connectivity index (χ1) is 16.2. The molecule has 0 radical (unpaired) electrons. The fraction of sp³-hybridized carbons (Fsp3) is 0.826. The van der Waals surface area contributed by atoms with Crippen molar-refractivity contribution in [1.82, 2.24) is 15.5 Å². The minimum atomic E-state index is -1.14. The summed E-state index contributed by atoms with van der Waals surface area (Å²) in [4.78, 5) is 52.1. The van der Waals surface area contributed by atoms with Crippen molar-refractivity contribution in [2.24, 2.45) is 23.1 Å². The van der Waals surface area contributed by atoms with Crippen LogP contribution in [-0.2, 0) is 19.2 Å². The van der Waals surface area contributed by atoms with E-state index in [-0.39, 0.29) is 18.2 Å². The molecule has 3 amide bonds. The Labute approximate surface area is 202 Å². The molecule has 1 rings (SSSR count). The molecule has 1 aliphatic rings. The van der Waals surface area contributed by atoms with Crippen molar-refractivity contribution in [3.05, 3.63) is 0 Å². The molecule has 0 spiro atoms. The molecule has 1 heterocycles. The monoisotopic (exact) mass is 484 g/mol. The molecule has 196 valence electrons. The molecule has 0 aromatic carbocycles. The van der Waals surface area contributed by atoms with Crippen LogP contribution in [0.25, 0.3) is 0 Å². The molecule has 1 fully saturated rings. The predicted octanol–water partition coefficient (Wildman–Crippen LogP) is -0.337. The topological polar surface area (TPSA) is 194 Å². The summed E-state index contributed by atoms with van der Waals surface area (Å²) in [6.07, 6.45) is 4.94. The van der Waals surface area contributed by atoms with Gasteiger partial charge in [0.2, 0.25) is 17.7 Å². The first-order valence-electron chi connectivity index (χ1n) is 12.5. The van der Waals surface area contributed by atoms with E-state index in [1.54, 1.807) is 0 Å². The molecule has 11 heteroatoms. The van der Waals surface area contributed by atoms with E-state index in [9.17, 15) is 24.3 Å². The number of aliphatic carboxylic acids is 1. The Bertz CT molecular complexity index is 676. The second-order valence-corrected chi connectivity index (χ2v) is 9.13. The summed E-state index contributed by atoms with van der Waals surface area (Å²) in [5.41, 5.74) is 17.1. The van der Waals surface area contributed by atoms with Gasteiger partial charge in [-0.05, 0) is 70.4 Å². The number of carboxylic acids is 1. The number of carbonyl (C=O) groups is 4. The zero-order chi connectivity index (χ0) is 25.7. The third kappa shape index (κ3) is 9.19. The van der Waals surface area contributed by atoms with Crippen LogP contribution < -0.4 is 27.8 Å². The Morgan fingerprint density at radius 2 is 1.59 bits per heavy atom. The molecule has 0 saturated carbocycles.